The normalized spacial score (nSPS) is 11.0. The Morgan fingerprint density at radius 2 is 1.95 bits per heavy atom. The summed E-state index contributed by atoms with van der Waals surface area (Å²) in [4.78, 5) is 14.9. The molecule has 1 N–H and O–H groups in total. The number of hydrogen-bond donors (Lipinski definition) is 1. The zero-order valence-corrected chi connectivity index (χ0v) is 11.0. The largest absolute Gasteiger partial charge is 0.478 e. The van der Waals surface area contributed by atoms with Crippen LogP contribution in [0.25, 0.3) is 22.6 Å². The molecule has 0 spiro atoms. The van der Waals surface area contributed by atoms with Crippen LogP contribution in [0.2, 0.25) is 5.02 Å². The van der Waals surface area contributed by atoms with Crippen molar-refractivity contribution in [3.05, 3.63) is 52.6 Å². The molecule has 0 saturated heterocycles. The molecule has 0 aliphatic rings. The van der Waals surface area contributed by atoms with Gasteiger partial charge in [0.2, 0.25) is 5.89 Å². The molecule has 106 valence electrons. The number of carboxylic acids is 1. The van der Waals surface area contributed by atoms with Crippen molar-refractivity contribution in [3.63, 3.8) is 0 Å². The third-order valence-corrected chi connectivity index (χ3v) is 3.17. The number of aromatic carboxylic acids is 1. The van der Waals surface area contributed by atoms with Gasteiger partial charge in [-0.05, 0) is 30.3 Å². The maximum atomic E-state index is 13.8. The first-order chi connectivity index (χ1) is 9.95. The first kappa shape index (κ1) is 13.5. The van der Waals surface area contributed by atoms with E-state index in [4.69, 9.17) is 21.1 Å². The van der Waals surface area contributed by atoms with Gasteiger partial charge in [0, 0.05) is 0 Å². The van der Waals surface area contributed by atoms with Gasteiger partial charge in [0.25, 0.3) is 0 Å². The summed E-state index contributed by atoms with van der Waals surface area (Å²) >= 11 is 5.48. The van der Waals surface area contributed by atoms with Crippen LogP contribution < -0.4 is 0 Å². The number of aromatic nitrogens is 1. The Balaban J connectivity index is 2.17. The first-order valence-corrected chi connectivity index (χ1v) is 6.12. The van der Waals surface area contributed by atoms with Crippen molar-refractivity contribution in [1.82, 2.24) is 4.98 Å². The number of rotatable bonds is 2. The van der Waals surface area contributed by atoms with Gasteiger partial charge in [-0.1, -0.05) is 11.6 Å². The van der Waals surface area contributed by atoms with Crippen LogP contribution in [0.1, 0.15) is 10.4 Å². The quantitative estimate of drug-likeness (QED) is 0.723. The van der Waals surface area contributed by atoms with E-state index < -0.39 is 17.6 Å². The Kier molecular flexibility index (Phi) is 3.10. The fourth-order valence-corrected chi connectivity index (χ4v) is 2.01. The third kappa shape index (κ3) is 2.34. The molecule has 0 bridgehead atoms. The molecular weight excluding hydrogens is 304 g/mol. The number of fused-ring (bicyclic) bond motifs is 1. The van der Waals surface area contributed by atoms with E-state index in [0.29, 0.717) is 5.52 Å². The molecule has 2 aromatic carbocycles. The van der Waals surface area contributed by atoms with Crippen LogP contribution in [0.4, 0.5) is 8.78 Å². The number of oxazole rings is 1. The smallest absolute Gasteiger partial charge is 0.335 e. The van der Waals surface area contributed by atoms with E-state index in [1.54, 1.807) is 0 Å². The van der Waals surface area contributed by atoms with Gasteiger partial charge < -0.3 is 9.52 Å². The second-order valence-corrected chi connectivity index (χ2v) is 4.66. The molecule has 1 heterocycles. The minimum atomic E-state index is -1.13. The molecule has 3 aromatic rings. The van der Waals surface area contributed by atoms with Crippen molar-refractivity contribution in [2.45, 2.75) is 0 Å². The average molecular weight is 310 g/mol. The number of carbonyl (C=O) groups is 1. The summed E-state index contributed by atoms with van der Waals surface area (Å²) in [6.07, 6.45) is 0. The van der Waals surface area contributed by atoms with Gasteiger partial charge in [-0.3, -0.25) is 0 Å². The van der Waals surface area contributed by atoms with E-state index in [1.807, 2.05) is 0 Å². The number of nitrogens with zero attached hydrogens (tertiary/aromatic N) is 1. The van der Waals surface area contributed by atoms with Crippen LogP contribution in [0.15, 0.2) is 34.7 Å². The SMILES string of the molecule is O=C(O)c1ccc2nc(-c3cc(F)c(Cl)cc3F)oc2c1. The lowest BCUT2D eigenvalue weighted by molar-refractivity contribution is 0.0697. The van der Waals surface area contributed by atoms with Crippen LogP contribution in [0, 0.1) is 11.6 Å². The summed E-state index contributed by atoms with van der Waals surface area (Å²) in [6.45, 7) is 0. The van der Waals surface area contributed by atoms with Crippen molar-refractivity contribution in [2.75, 3.05) is 0 Å². The van der Waals surface area contributed by atoms with Crippen LogP contribution >= 0.6 is 11.6 Å². The Morgan fingerprint density at radius 3 is 2.67 bits per heavy atom. The van der Waals surface area contributed by atoms with Gasteiger partial charge in [0.15, 0.2) is 5.58 Å². The van der Waals surface area contributed by atoms with Gasteiger partial charge in [-0.25, -0.2) is 18.6 Å². The van der Waals surface area contributed by atoms with Crippen LogP contribution in [-0.4, -0.2) is 16.1 Å². The highest BCUT2D eigenvalue weighted by molar-refractivity contribution is 6.30. The predicted octanol–water partition coefficient (Wildman–Crippen LogP) is 4.12. The Bertz CT molecular complexity index is 876. The molecule has 0 atom stereocenters. The minimum absolute atomic E-state index is 0.00737. The minimum Gasteiger partial charge on any atom is -0.478 e. The average Bonchev–Trinajstić information content (AvgIpc) is 2.85. The molecule has 0 aliphatic heterocycles. The predicted molar refractivity (Wildman–Crippen MR) is 71.3 cm³/mol. The van der Waals surface area contributed by atoms with Crippen LogP contribution in [-0.2, 0) is 0 Å². The van der Waals surface area contributed by atoms with E-state index in [-0.39, 0.29) is 27.6 Å². The lowest BCUT2D eigenvalue weighted by Gasteiger charge is -2.00. The Morgan fingerprint density at radius 1 is 1.19 bits per heavy atom. The molecular formula is C14H6ClF2NO3. The second-order valence-electron chi connectivity index (χ2n) is 4.25. The number of halogens is 3. The van der Waals surface area contributed by atoms with E-state index >= 15 is 0 Å². The fourth-order valence-electron chi connectivity index (χ4n) is 1.86. The fraction of sp³-hybridized carbons (Fsp3) is 0. The molecule has 0 radical (unpaired) electrons. The van der Waals surface area contributed by atoms with Gasteiger partial charge >= 0.3 is 5.97 Å². The number of carboxylic acid groups (broad SMARTS) is 1. The van der Waals surface area contributed by atoms with Crippen LogP contribution in [0.5, 0.6) is 0 Å². The molecule has 3 rings (SSSR count). The summed E-state index contributed by atoms with van der Waals surface area (Å²) < 4.78 is 32.5. The topological polar surface area (TPSA) is 63.3 Å². The summed E-state index contributed by atoms with van der Waals surface area (Å²) in [5, 5.41) is 8.55. The van der Waals surface area contributed by atoms with Crippen molar-refractivity contribution in [3.8, 4) is 11.5 Å². The standard InChI is InChI=1S/C14H6ClF2NO3/c15-8-5-9(16)7(4-10(8)17)13-18-11-2-1-6(14(19)20)3-12(11)21-13/h1-5H,(H,19,20). The summed E-state index contributed by atoms with van der Waals surface area (Å²) in [6, 6.07) is 5.73. The Labute approximate surface area is 121 Å². The highest BCUT2D eigenvalue weighted by Crippen LogP contribution is 2.30. The monoisotopic (exact) mass is 309 g/mol. The zero-order chi connectivity index (χ0) is 15.1. The van der Waals surface area contributed by atoms with E-state index in [0.717, 1.165) is 12.1 Å². The molecule has 0 unspecified atom stereocenters. The van der Waals surface area contributed by atoms with Crippen LogP contribution in [0.3, 0.4) is 0 Å². The Hall–Kier alpha value is -2.47. The maximum Gasteiger partial charge on any atom is 0.335 e. The summed E-state index contributed by atoms with van der Waals surface area (Å²) in [7, 11) is 0. The molecule has 0 amide bonds. The number of benzene rings is 2. The summed E-state index contributed by atoms with van der Waals surface area (Å²) in [5.41, 5.74) is 0.322. The lowest BCUT2D eigenvalue weighted by atomic mass is 10.2. The molecule has 4 nitrogen and oxygen atoms in total. The van der Waals surface area contributed by atoms with Gasteiger partial charge in [-0.2, -0.15) is 0 Å². The highest BCUT2D eigenvalue weighted by atomic mass is 35.5. The van der Waals surface area contributed by atoms with Crippen molar-refractivity contribution in [2.24, 2.45) is 0 Å². The van der Waals surface area contributed by atoms with Gasteiger partial charge in [0.05, 0.1) is 16.1 Å². The van der Waals surface area contributed by atoms with Crippen molar-refractivity contribution < 1.29 is 23.1 Å². The van der Waals surface area contributed by atoms with Crippen molar-refractivity contribution in [1.29, 1.82) is 0 Å². The molecule has 21 heavy (non-hydrogen) atoms. The first-order valence-electron chi connectivity index (χ1n) is 5.74. The highest BCUT2D eigenvalue weighted by Gasteiger charge is 2.16. The maximum absolute atomic E-state index is 13.8. The molecule has 0 fully saturated rings. The van der Waals surface area contributed by atoms with Gasteiger partial charge in [0.1, 0.15) is 17.2 Å². The number of hydrogen-bond acceptors (Lipinski definition) is 3. The zero-order valence-electron chi connectivity index (χ0n) is 10.2. The van der Waals surface area contributed by atoms with E-state index in [9.17, 15) is 13.6 Å². The lowest BCUT2D eigenvalue weighted by Crippen LogP contribution is -1.94. The molecule has 0 aliphatic carbocycles. The second kappa shape index (κ2) is 4.82. The third-order valence-electron chi connectivity index (χ3n) is 2.88. The van der Waals surface area contributed by atoms with Crippen molar-refractivity contribution >= 4 is 28.7 Å². The van der Waals surface area contributed by atoms with Gasteiger partial charge in [-0.15, -0.1) is 0 Å². The molecule has 1 aromatic heterocycles. The molecule has 7 heteroatoms. The van der Waals surface area contributed by atoms with E-state index in [1.165, 1.54) is 18.2 Å². The molecule has 0 saturated carbocycles. The summed E-state index contributed by atoms with van der Waals surface area (Å²) in [5.74, 6) is -2.87. The van der Waals surface area contributed by atoms with E-state index in [2.05, 4.69) is 4.98 Å².